The Labute approximate surface area is 494 Å². The number of ether oxygens (including phenoxy) is 1. The van der Waals surface area contributed by atoms with Gasteiger partial charge < -0.3 is 20.3 Å². The monoisotopic (exact) mass is 1110 g/mol. The zero-order valence-electron chi connectivity index (χ0n) is 53.6. The van der Waals surface area contributed by atoms with Crippen LogP contribution in [0, 0.1) is 0 Å². The minimum absolute atomic E-state index is 0.0120. The van der Waals surface area contributed by atoms with E-state index in [1.54, 1.807) is 6.08 Å². The Hall–Kier alpha value is -1.66. The lowest BCUT2D eigenvalue weighted by Crippen LogP contribution is -2.45. The van der Waals surface area contributed by atoms with E-state index in [0.717, 1.165) is 44.9 Å². The molecule has 0 aromatic rings. The van der Waals surface area contributed by atoms with E-state index in [0.29, 0.717) is 19.4 Å². The van der Waals surface area contributed by atoms with Gasteiger partial charge in [0.15, 0.2) is 0 Å². The van der Waals surface area contributed by atoms with Gasteiger partial charge in [0.25, 0.3) is 0 Å². The topological polar surface area (TPSA) is 95.9 Å². The number of allylic oxidation sites excluding steroid dienone is 3. The number of hydrogen-bond acceptors (Lipinski definition) is 5. The van der Waals surface area contributed by atoms with Crippen LogP contribution in [0.15, 0.2) is 24.3 Å². The molecule has 3 N–H and O–H groups in total. The first kappa shape index (κ1) is 77.3. The maximum Gasteiger partial charge on any atom is 0.305 e. The standard InChI is InChI=1S/C73H141NO5/c1-3-5-7-9-11-13-15-17-19-21-23-27-30-33-37-41-45-49-53-57-61-65-71(76)70(69-75)74-72(77)66-62-58-54-50-46-42-38-34-31-28-25-24-26-29-32-36-40-44-48-52-56-60-64-68-79-73(78)67-63-59-55-51-47-43-39-35-22-20-18-16-14-12-10-8-6-4-2/h20,22,61,65,70-71,75-76H,3-19,21,23-60,62-64,66-69H2,1-2H3,(H,74,77)/b22-20-,65-61+. The van der Waals surface area contributed by atoms with Gasteiger partial charge in [-0.3, -0.25) is 9.59 Å². The van der Waals surface area contributed by atoms with Gasteiger partial charge in [0.2, 0.25) is 5.91 Å². The molecule has 0 aromatic carbocycles. The molecule has 2 atom stereocenters. The second kappa shape index (κ2) is 68.8. The predicted molar refractivity (Wildman–Crippen MR) is 347 cm³/mol. The van der Waals surface area contributed by atoms with Crippen LogP contribution in [0.1, 0.15) is 406 Å². The van der Waals surface area contributed by atoms with Gasteiger partial charge in [0.05, 0.1) is 25.4 Å². The van der Waals surface area contributed by atoms with Crippen molar-refractivity contribution in [2.75, 3.05) is 13.2 Å². The number of esters is 1. The lowest BCUT2D eigenvalue weighted by atomic mass is 10.0. The second-order valence-corrected chi connectivity index (χ2v) is 24.9. The van der Waals surface area contributed by atoms with Crippen molar-refractivity contribution in [3.05, 3.63) is 24.3 Å². The van der Waals surface area contributed by atoms with Crippen LogP contribution in [-0.2, 0) is 14.3 Å². The molecule has 2 unspecified atom stereocenters. The van der Waals surface area contributed by atoms with E-state index >= 15 is 0 Å². The van der Waals surface area contributed by atoms with Gasteiger partial charge >= 0.3 is 5.97 Å². The van der Waals surface area contributed by atoms with Crippen molar-refractivity contribution in [2.45, 2.75) is 418 Å². The minimum Gasteiger partial charge on any atom is -0.466 e. The maximum absolute atomic E-state index is 12.5. The first-order valence-corrected chi connectivity index (χ1v) is 36.1. The molecular weight excluding hydrogens is 971 g/mol. The number of carbonyl (C=O) groups is 2. The lowest BCUT2D eigenvalue weighted by molar-refractivity contribution is -0.143. The average Bonchev–Trinajstić information content (AvgIpc) is 3.45. The molecule has 1 amide bonds. The molecule has 0 bridgehead atoms. The fourth-order valence-electron chi connectivity index (χ4n) is 11.5. The van der Waals surface area contributed by atoms with Crippen LogP contribution in [0.3, 0.4) is 0 Å². The lowest BCUT2D eigenvalue weighted by Gasteiger charge is -2.20. The molecular formula is C73H141NO5. The highest BCUT2D eigenvalue weighted by Gasteiger charge is 2.18. The molecule has 468 valence electrons. The highest BCUT2D eigenvalue weighted by Crippen LogP contribution is 2.19. The molecule has 0 aromatic heterocycles. The molecule has 0 aliphatic rings. The van der Waals surface area contributed by atoms with Crippen LogP contribution in [-0.4, -0.2) is 47.4 Å². The third kappa shape index (κ3) is 65.4. The van der Waals surface area contributed by atoms with Crippen LogP contribution in [0.25, 0.3) is 0 Å². The Bertz CT molecular complexity index is 1230. The summed E-state index contributed by atoms with van der Waals surface area (Å²) >= 11 is 0. The van der Waals surface area contributed by atoms with Crippen LogP contribution in [0.2, 0.25) is 0 Å². The number of rotatable bonds is 68. The number of nitrogens with one attached hydrogen (secondary N) is 1. The van der Waals surface area contributed by atoms with Crippen LogP contribution < -0.4 is 5.32 Å². The number of carbonyl (C=O) groups excluding carboxylic acids is 2. The number of unbranched alkanes of at least 4 members (excludes halogenated alkanes) is 55. The van der Waals surface area contributed by atoms with Crippen LogP contribution in [0.5, 0.6) is 0 Å². The third-order valence-electron chi connectivity index (χ3n) is 17.0. The van der Waals surface area contributed by atoms with Crippen molar-refractivity contribution in [2.24, 2.45) is 0 Å². The minimum atomic E-state index is -0.845. The zero-order valence-corrected chi connectivity index (χ0v) is 53.6. The van der Waals surface area contributed by atoms with Crippen LogP contribution in [0.4, 0.5) is 0 Å². The highest BCUT2D eigenvalue weighted by atomic mass is 16.5. The summed E-state index contributed by atoms with van der Waals surface area (Å²) < 4.78 is 5.51. The summed E-state index contributed by atoms with van der Waals surface area (Å²) in [5.74, 6) is -0.0513. The second-order valence-electron chi connectivity index (χ2n) is 24.9. The van der Waals surface area contributed by atoms with Crippen LogP contribution >= 0.6 is 0 Å². The largest absolute Gasteiger partial charge is 0.466 e. The van der Waals surface area contributed by atoms with Gasteiger partial charge in [-0.15, -0.1) is 0 Å². The summed E-state index contributed by atoms with van der Waals surface area (Å²) in [5.41, 5.74) is 0. The number of aliphatic hydroxyl groups excluding tert-OH is 2. The molecule has 0 heterocycles. The summed E-state index contributed by atoms with van der Waals surface area (Å²) in [6, 6.07) is -0.628. The molecule has 0 saturated carbocycles. The number of hydrogen-bond donors (Lipinski definition) is 3. The number of aliphatic hydroxyl groups is 2. The Balaban J connectivity index is 3.39. The van der Waals surface area contributed by atoms with Crippen molar-refractivity contribution in [3.8, 4) is 0 Å². The Morgan fingerprint density at radius 3 is 0.899 bits per heavy atom. The van der Waals surface area contributed by atoms with Crippen molar-refractivity contribution in [1.82, 2.24) is 5.32 Å². The first-order valence-electron chi connectivity index (χ1n) is 36.1. The molecule has 0 saturated heterocycles. The summed E-state index contributed by atoms with van der Waals surface area (Å²) in [6.07, 6.45) is 86.8. The smallest absolute Gasteiger partial charge is 0.305 e. The summed E-state index contributed by atoms with van der Waals surface area (Å²) in [7, 11) is 0. The van der Waals surface area contributed by atoms with Crippen molar-refractivity contribution in [3.63, 3.8) is 0 Å². The normalized spacial score (nSPS) is 12.6. The molecule has 79 heavy (non-hydrogen) atoms. The van der Waals surface area contributed by atoms with E-state index in [9.17, 15) is 19.8 Å². The van der Waals surface area contributed by atoms with Gasteiger partial charge in [-0.1, -0.05) is 359 Å². The van der Waals surface area contributed by atoms with Gasteiger partial charge in [-0.2, -0.15) is 0 Å². The third-order valence-corrected chi connectivity index (χ3v) is 17.0. The molecule has 6 heteroatoms. The fourth-order valence-corrected chi connectivity index (χ4v) is 11.5. The summed E-state index contributed by atoms with van der Waals surface area (Å²) in [4.78, 5) is 24.6. The van der Waals surface area contributed by atoms with Gasteiger partial charge in [0.1, 0.15) is 0 Å². The Morgan fingerprint density at radius 1 is 0.342 bits per heavy atom. The number of amides is 1. The van der Waals surface area contributed by atoms with E-state index in [1.165, 1.54) is 334 Å². The Kier molecular flexibility index (Phi) is 67.4. The molecule has 0 spiro atoms. The molecule has 0 aliphatic heterocycles. The van der Waals surface area contributed by atoms with Crippen molar-refractivity contribution in [1.29, 1.82) is 0 Å². The summed E-state index contributed by atoms with van der Waals surface area (Å²) in [6.45, 7) is 4.94. The fraction of sp³-hybridized carbons (Fsp3) is 0.918. The highest BCUT2D eigenvalue weighted by molar-refractivity contribution is 5.76. The van der Waals surface area contributed by atoms with Crippen molar-refractivity contribution >= 4 is 11.9 Å². The average molecular weight is 1110 g/mol. The predicted octanol–water partition coefficient (Wildman–Crippen LogP) is 23.3. The van der Waals surface area contributed by atoms with Gasteiger partial charge in [0, 0.05) is 12.8 Å². The Morgan fingerprint density at radius 2 is 0.595 bits per heavy atom. The molecule has 0 radical (unpaired) electrons. The van der Waals surface area contributed by atoms with E-state index in [4.69, 9.17) is 4.74 Å². The van der Waals surface area contributed by atoms with Gasteiger partial charge in [-0.05, 0) is 57.8 Å². The SMILES string of the molecule is CCCCCCCCC/C=C\CCCCCCCCCC(=O)OCCCCCCCCCCCCCCCCCCCCCCCCCC(=O)NC(CO)C(O)/C=C/CCCCCCCCCCCCCCCCCCCCC. The molecule has 6 nitrogen and oxygen atoms in total. The van der Waals surface area contributed by atoms with Gasteiger partial charge in [-0.25, -0.2) is 0 Å². The molecule has 0 fully saturated rings. The summed E-state index contributed by atoms with van der Waals surface area (Å²) in [5, 5.41) is 23.3. The molecule has 0 aliphatic carbocycles. The van der Waals surface area contributed by atoms with Crippen molar-refractivity contribution < 1.29 is 24.5 Å². The molecule has 0 rings (SSSR count). The maximum atomic E-state index is 12.5. The first-order chi connectivity index (χ1) is 39.0. The van der Waals surface area contributed by atoms with E-state index in [2.05, 4.69) is 31.3 Å². The van der Waals surface area contributed by atoms with E-state index in [1.807, 2.05) is 6.08 Å². The quantitative estimate of drug-likeness (QED) is 0.0320. The zero-order chi connectivity index (χ0) is 57.1. The van der Waals surface area contributed by atoms with E-state index in [-0.39, 0.29) is 18.5 Å². The van der Waals surface area contributed by atoms with E-state index < -0.39 is 12.1 Å².